The lowest BCUT2D eigenvalue weighted by Crippen LogP contribution is -2.40. The Hall–Kier alpha value is -4.67. The zero-order valence-corrected chi connectivity index (χ0v) is 19.7. The van der Waals surface area contributed by atoms with Crippen molar-refractivity contribution < 1.29 is 23.9 Å². The van der Waals surface area contributed by atoms with Crippen molar-refractivity contribution in [3.63, 3.8) is 0 Å². The smallest absolute Gasteiger partial charge is 0.267 e. The highest BCUT2D eigenvalue weighted by Gasteiger charge is 2.19. The number of fused-ring (bicyclic) bond motifs is 1. The second kappa shape index (κ2) is 10.7. The molecule has 186 valence electrons. The monoisotopic (exact) mass is 491 g/mol. The maximum atomic E-state index is 12.6. The number of hydrogen-bond donors (Lipinski definition) is 3. The number of aromatic nitrogens is 2. The summed E-state index contributed by atoms with van der Waals surface area (Å²) in [5, 5.41) is 12.4. The van der Waals surface area contributed by atoms with Crippen LogP contribution in [0.3, 0.4) is 0 Å². The number of rotatable bonds is 8. The fourth-order valence-corrected chi connectivity index (χ4v) is 3.54. The van der Waals surface area contributed by atoms with E-state index in [1.165, 1.54) is 13.0 Å². The molecule has 2 heterocycles. The summed E-state index contributed by atoms with van der Waals surface area (Å²) in [6.07, 6.45) is 0. The number of amides is 3. The second-order valence-electron chi connectivity index (χ2n) is 8.05. The Morgan fingerprint density at radius 2 is 1.69 bits per heavy atom. The molecule has 0 spiro atoms. The third kappa shape index (κ3) is 5.69. The number of ether oxygens (including phenoxy) is 2. The maximum Gasteiger partial charge on any atom is 0.267 e. The lowest BCUT2D eigenvalue weighted by Gasteiger charge is -2.15. The number of nitrogens with zero attached hydrogens (tertiary/aromatic N) is 2. The van der Waals surface area contributed by atoms with Crippen LogP contribution in [0.1, 0.15) is 30.2 Å². The molecule has 0 saturated heterocycles. The average molecular weight is 492 g/mol. The highest BCUT2D eigenvalue weighted by Crippen LogP contribution is 2.35. The number of carbonyl (C=O) groups excluding carboxylic acids is 3. The first-order valence-corrected chi connectivity index (χ1v) is 11.3. The third-order valence-electron chi connectivity index (χ3n) is 5.42. The molecule has 0 aliphatic carbocycles. The summed E-state index contributed by atoms with van der Waals surface area (Å²) in [6.45, 7) is 3.47. The molecule has 3 amide bonds. The van der Waals surface area contributed by atoms with Gasteiger partial charge in [0.1, 0.15) is 6.04 Å². The van der Waals surface area contributed by atoms with E-state index in [0.29, 0.717) is 34.0 Å². The molecule has 4 rings (SSSR count). The number of nitrogens with one attached hydrogen (secondary N) is 3. The van der Waals surface area contributed by atoms with Gasteiger partial charge in [0.15, 0.2) is 11.5 Å². The summed E-state index contributed by atoms with van der Waals surface area (Å²) < 4.78 is 11.8. The summed E-state index contributed by atoms with van der Waals surface area (Å²) in [4.78, 5) is 48.4. The van der Waals surface area contributed by atoms with E-state index in [-0.39, 0.29) is 31.7 Å². The van der Waals surface area contributed by atoms with Gasteiger partial charge in [0.05, 0.1) is 5.69 Å². The van der Waals surface area contributed by atoms with Gasteiger partial charge in [0.2, 0.25) is 18.6 Å². The van der Waals surface area contributed by atoms with E-state index >= 15 is 0 Å². The minimum Gasteiger partial charge on any atom is -0.454 e. The van der Waals surface area contributed by atoms with E-state index in [2.05, 4.69) is 21.0 Å². The first-order valence-electron chi connectivity index (χ1n) is 11.3. The first kappa shape index (κ1) is 24.5. The van der Waals surface area contributed by atoms with E-state index in [0.717, 1.165) is 4.68 Å². The molecule has 3 aromatic rings. The molecule has 3 N–H and O–H groups in total. The van der Waals surface area contributed by atoms with Crippen LogP contribution in [-0.4, -0.2) is 47.4 Å². The zero-order chi connectivity index (χ0) is 25.7. The predicted molar refractivity (Wildman–Crippen MR) is 131 cm³/mol. The van der Waals surface area contributed by atoms with E-state index in [4.69, 9.17) is 9.47 Å². The van der Waals surface area contributed by atoms with E-state index in [1.54, 1.807) is 55.5 Å². The van der Waals surface area contributed by atoms with Crippen LogP contribution in [0.15, 0.2) is 59.4 Å². The highest BCUT2D eigenvalue weighted by atomic mass is 16.7. The van der Waals surface area contributed by atoms with Crippen LogP contribution in [0, 0.1) is 0 Å². The van der Waals surface area contributed by atoms with Crippen LogP contribution in [-0.2, 0) is 9.59 Å². The van der Waals surface area contributed by atoms with Crippen LogP contribution >= 0.6 is 0 Å². The summed E-state index contributed by atoms with van der Waals surface area (Å²) in [5.74, 6) is 0.286. The largest absolute Gasteiger partial charge is 0.454 e. The van der Waals surface area contributed by atoms with Crippen LogP contribution in [0.4, 0.5) is 5.69 Å². The van der Waals surface area contributed by atoms with Crippen molar-refractivity contribution in [1.82, 2.24) is 20.4 Å². The molecule has 1 atom stereocenters. The molecule has 11 nitrogen and oxygen atoms in total. The van der Waals surface area contributed by atoms with Crippen molar-refractivity contribution in [3.05, 3.63) is 70.5 Å². The quantitative estimate of drug-likeness (QED) is 0.408. The minimum atomic E-state index is -0.872. The summed E-state index contributed by atoms with van der Waals surface area (Å²) >= 11 is 0. The van der Waals surface area contributed by atoms with Crippen molar-refractivity contribution in [3.8, 4) is 22.8 Å². The maximum absolute atomic E-state index is 12.6. The molecule has 1 aliphatic heterocycles. The third-order valence-corrected chi connectivity index (χ3v) is 5.42. The van der Waals surface area contributed by atoms with E-state index in [9.17, 15) is 19.2 Å². The van der Waals surface area contributed by atoms with Crippen LogP contribution in [0.5, 0.6) is 11.5 Å². The Bertz CT molecular complexity index is 1350. The Morgan fingerprint density at radius 1 is 0.972 bits per heavy atom. The van der Waals surface area contributed by atoms with Gasteiger partial charge in [0, 0.05) is 42.9 Å². The SMILES string of the molecule is CC(=O)Nc1ccc(C(=O)NCCNC(=O)C(C)n2nc(-c3ccc4c(c3)OCO4)ccc2=O)cc1. The summed E-state index contributed by atoms with van der Waals surface area (Å²) in [6, 6.07) is 13.8. The Labute approximate surface area is 206 Å². The van der Waals surface area contributed by atoms with Crippen LogP contribution < -0.4 is 31.0 Å². The minimum absolute atomic E-state index is 0.147. The fraction of sp³-hybridized carbons (Fsp3) is 0.240. The van der Waals surface area contributed by atoms with Gasteiger partial charge in [-0.3, -0.25) is 19.2 Å². The molecule has 0 bridgehead atoms. The second-order valence-corrected chi connectivity index (χ2v) is 8.05. The standard InChI is InChI=1S/C25H25N5O6/c1-15(24(33)26-11-12-27-25(34)17-3-6-19(7-4-17)28-16(2)31)30-23(32)10-8-20(29-30)18-5-9-21-22(13-18)36-14-35-21/h3-10,13,15H,11-12,14H2,1-2H3,(H,26,33)(H,27,34)(H,28,31). The van der Waals surface area contributed by atoms with Crippen molar-refractivity contribution in [1.29, 1.82) is 0 Å². The highest BCUT2D eigenvalue weighted by molar-refractivity contribution is 5.95. The molecular weight excluding hydrogens is 466 g/mol. The van der Waals surface area contributed by atoms with Gasteiger partial charge in [-0.05, 0) is 55.5 Å². The average Bonchev–Trinajstić information content (AvgIpc) is 3.34. The fourth-order valence-electron chi connectivity index (χ4n) is 3.54. The molecule has 1 aliphatic rings. The van der Waals surface area contributed by atoms with Crippen LogP contribution in [0.25, 0.3) is 11.3 Å². The molecule has 1 unspecified atom stereocenters. The molecule has 0 fully saturated rings. The molecule has 0 radical (unpaired) electrons. The lowest BCUT2D eigenvalue weighted by atomic mass is 10.1. The summed E-state index contributed by atoms with van der Waals surface area (Å²) in [7, 11) is 0. The molecule has 2 aromatic carbocycles. The van der Waals surface area contributed by atoms with E-state index in [1.807, 2.05) is 0 Å². The van der Waals surface area contributed by atoms with E-state index < -0.39 is 17.5 Å². The van der Waals surface area contributed by atoms with Crippen molar-refractivity contribution in [2.24, 2.45) is 0 Å². The number of carbonyl (C=O) groups is 3. The van der Waals surface area contributed by atoms with Gasteiger partial charge < -0.3 is 25.4 Å². The zero-order valence-electron chi connectivity index (χ0n) is 19.7. The lowest BCUT2D eigenvalue weighted by molar-refractivity contribution is -0.124. The normalized spacial score (nSPS) is 12.5. The molecule has 1 aromatic heterocycles. The first-order chi connectivity index (χ1) is 17.3. The molecule has 36 heavy (non-hydrogen) atoms. The van der Waals surface area contributed by atoms with Gasteiger partial charge >= 0.3 is 0 Å². The predicted octanol–water partition coefficient (Wildman–Crippen LogP) is 1.70. The van der Waals surface area contributed by atoms with Crippen molar-refractivity contribution >= 4 is 23.4 Å². The molecule has 11 heteroatoms. The van der Waals surface area contributed by atoms with Gasteiger partial charge in [-0.15, -0.1) is 0 Å². The van der Waals surface area contributed by atoms with Crippen molar-refractivity contribution in [2.45, 2.75) is 19.9 Å². The number of anilines is 1. The number of benzene rings is 2. The van der Waals surface area contributed by atoms with Crippen LogP contribution in [0.2, 0.25) is 0 Å². The molecular formula is C25H25N5O6. The Morgan fingerprint density at radius 3 is 2.44 bits per heavy atom. The van der Waals surface area contributed by atoms with Gasteiger partial charge in [-0.2, -0.15) is 5.10 Å². The van der Waals surface area contributed by atoms with Gasteiger partial charge in [-0.1, -0.05) is 0 Å². The Balaban J connectivity index is 1.31. The number of hydrogen-bond acceptors (Lipinski definition) is 7. The topological polar surface area (TPSA) is 141 Å². The Kier molecular flexibility index (Phi) is 7.28. The van der Waals surface area contributed by atoms with Gasteiger partial charge in [0.25, 0.3) is 11.5 Å². The van der Waals surface area contributed by atoms with Crippen molar-refractivity contribution in [2.75, 3.05) is 25.2 Å². The van der Waals surface area contributed by atoms with Gasteiger partial charge in [-0.25, -0.2) is 4.68 Å². The molecule has 0 saturated carbocycles. The summed E-state index contributed by atoms with van der Waals surface area (Å²) in [5.41, 5.74) is 1.81.